The molecular formula is C14H22N2O3S. The van der Waals surface area contributed by atoms with E-state index < -0.39 is 9.84 Å². The minimum Gasteiger partial charge on any atom is -0.381 e. The fourth-order valence-corrected chi connectivity index (χ4v) is 2.92. The molecule has 0 saturated heterocycles. The second-order valence-electron chi connectivity index (χ2n) is 5.17. The summed E-state index contributed by atoms with van der Waals surface area (Å²) in [5.74, 6) is 0.0631. The molecule has 1 unspecified atom stereocenters. The number of benzene rings is 1. The largest absolute Gasteiger partial charge is 0.381 e. The van der Waals surface area contributed by atoms with E-state index in [9.17, 15) is 13.2 Å². The minimum absolute atomic E-state index is 0.0102. The lowest BCUT2D eigenvalue weighted by atomic mass is 10.1. The number of hydrogen-bond donors (Lipinski definition) is 1. The van der Waals surface area contributed by atoms with Crippen LogP contribution in [-0.2, 0) is 21.2 Å². The predicted molar refractivity (Wildman–Crippen MR) is 81.4 cm³/mol. The Labute approximate surface area is 120 Å². The van der Waals surface area contributed by atoms with Crippen LogP contribution in [0.15, 0.2) is 24.3 Å². The Balaban J connectivity index is 2.82. The van der Waals surface area contributed by atoms with E-state index in [1.807, 2.05) is 31.2 Å². The monoisotopic (exact) mass is 298 g/mol. The molecule has 1 amide bonds. The first-order chi connectivity index (χ1) is 9.19. The number of amides is 1. The van der Waals surface area contributed by atoms with Crippen molar-refractivity contribution >= 4 is 21.4 Å². The highest BCUT2D eigenvalue weighted by atomic mass is 32.2. The van der Waals surface area contributed by atoms with Crippen molar-refractivity contribution in [2.75, 3.05) is 24.4 Å². The minimum atomic E-state index is -3.02. The number of carbonyl (C=O) groups excluding carboxylic acids is 1. The molecule has 0 aliphatic rings. The highest BCUT2D eigenvalue weighted by molar-refractivity contribution is 7.90. The van der Waals surface area contributed by atoms with Gasteiger partial charge in [0.25, 0.3) is 0 Å². The highest BCUT2D eigenvalue weighted by Crippen LogP contribution is 2.18. The van der Waals surface area contributed by atoms with Gasteiger partial charge in [-0.05, 0) is 18.6 Å². The molecule has 0 radical (unpaired) electrons. The Bertz CT molecular complexity index is 570. The summed E-state index contributed by atoms with van der Waals surface area (Å²) in [4.78, 5) is 12.9. The van der Waals surface area contributed by atoms with E-state index in [1.165, 1.54) is 13.2 Å². The van der Waals surface area contributed by atoms with Crippen LogP contribution in [-0.4, -0.2) is 44.3 Å². The van der Waals surface area contributed by atoms with E-state index in [1.54, 1.807) is 11.9 Å². The molecule has 0 aromatic heterocycles. The Morgan fingerprint density at radius 3 is 2.50 bits per heavy atom. The van der Waals surface area contributed by atoms with Crippen LogP contribution in [0, 0.1) is 0 Å². The highest BCUT2D eigenvalue weighted by Gasteiger charge is 2.13. The molecule has 5 nitrogen and oxygen atoms in total. The van der Waals surface area contributed by atoms with Gasteiger partial charge in [0.15, 0.2) is 0 Å². The number of anilines is 1. The molecule has 0 aliphatic heterocycles. The number of nitrogens with one attached hydrogen (secondary N) is 1. The second kappa shape index (κ2) is 6.74. The Kier molecular flexibility index (Phi) is 5.56. The lowest BCUT2D eigenvalue weighted by molar-refractivity contribution is -0.128. The Morgan fingerprint density at radius 2 is 1.95 bits per heavy atom. The zero-order chi connectivity index (χ0) is 15.3. The van der Waals surface area contributed by atoms with Gasteiger partial charge >= 0.3 is 0 Å². The molecule has 20 heavy (non-hydrogen) atoms. The molecule has 1 aromatic rings. The summed E-state index contributed by atoms with van der Waals surface area (Å²) in [5, 5.41) is 3.19. The van der Waals surface area contributed by atoms with Crippen LogP contribution in [0.1, 0.15) is 19.4 Å². The first-order valence-electron chi connectivity index (χ1n) is 6.43. The summed E-state index contributed by atoms with van der Waals surface area (Å²) in [6.07, 6.45) is 1.22. The number of hydrogen-bond acceptors (Lipinski definition) is 4. The number of sulfone groups is 1. The lowest BCUT2D eigenvalue weighted by Gasteiger charge is -2.20. The maximum absolute atomic E-state index is 11.3. The van der Waals surface area contributed by atoms with Gasteiger partial charge in [0.2, 0.25) is 5.91 Å². The van der Waals surface area contributed by atoms with Gasteiger partial charge in [-0.1, -0.05) is 18.2 Å². The molecule has 112 valence electrons. The van der Waals surface area contributed by atoms with Crippen LogP contribution in [0.25, 0.3) is 0 Å². The zero-order valence-corrected chi connectivity index (χ0v) is 13.2. The molecule has 0 spiro atoms. The first-order valence-corrected chi connectivity index (χ1v) is 8.49. The molecule has 6 heteroatoms. The molecule has 1 aromatic carbocycles. The molecule has 1 atom stereocenters. The maximum Gasteiger partial charge on any atom is 0.219 e. The Morgan fingerprint density at radius 1 is 1.35 bits per heavy atom. The van der Waals surface area contributed by atoms with Crippen LogP contribution in [0.3, 0.4) is 0 Å². The molecule has 0 saturated carbocycles. The Hall–Kier alpha value is -1.56. The van der Waals surface area contributed by atoms with E-state index in [4.69, 9.17) is 0 Å². The smallest absolute Gasteiger partial charge is 0.219 e. The molecule has 0 fully saturated rings. The zero-order valence-electron chi connectivity index (χ0n) is 12.4. The van der Waals surface area contributed by atoms with E-state index in [0.29, 0.717) is 6.54 Å². The molecule has 0 bridgehead atoms. The van der Waals surface area contributed by atoms with Gasteiger partial charge < -0.3 is 10.2 Å². The number of nitrogens with zero attached hydrogens (tertiary/aromatic N) is 1. The van der Waals surface area contributed by atoms with E-state index in [2.05, 4.69) is 5.32 Å². The molecule has 1 rings (SSSR count). The SMILES string of the molecule is CC(=O)N(C)Cc1ccccc1NC(C)CS(C)(=O)=O. The quantitative estimate of drug-likeness (QED) is 0.864. The maximum atomic E-state index is 11.3. The molecule has 0 heterocycles. The van der Waals surface area contributed by atoms with Crippen molar-refractivity contribution in [1.29, 1.82) is 0 Å². The van der Waals surface area contributed by atoms with Gasteiger partial charge in [0.05, 0.1) is 5.75 Å². The normalized spacial score (nSPS) is 12.8. The van der Waals surface area contributed by atoms with Gasteiger partial charge in [-0.2, -0.15) is 0 Å². The first kappa shape index (κ1) is 16.5. The predicted octanol–water partition coefficient (Wildman–Crippen LogP) is 1.51. The summed E-state index contributed by atoms with van der Waals surface area (Å²) in [6.45, 7) is 3.83. The summed E-state index contributed by atoms with van der Waals surface area (Å²) < 4.78 is 22.6. The van der Waals surface area contributed by atoms with Crippen molar-refractivity contribution in [3.8, 4) is 0 Å². The fourth-order valence-electron chi connectivity index (χ4n) is 1.93. The number of para-hydroxylation sites is 1. The summed E-state index contributed by atoms with van der Waals surface area (Å²) >= 11 is 0. The molecular weight excluding hydrogens is 276 g/mol. The van der Waals surface area contributed by atoms with Crippen molar-refractivity contribution in [2.24, 2.45) is 0 Å². The van der Waals surface area contributed by atoms with Gasteiger partial charge in [-0.15, -0.1) is 0 Å². The van der Waals surface area contributed by atoms with E-state index in [0.717, 1.165) is 11.3 Å². The fraction of sp³-hybridized carbons (Fsp3) is 0.500. The van der Waals surface area contributed by atoms with Gasteiger partial charge in [-0.25, -0.2) is 8.42 Å². The topological polar surface area (TPSA) is 66.5 Å². The summed E-state index contributed by atoms with van der Waals surface area (Å²) in [6, 6.07) is 7.41. The third-order valence-corrected chi connectivity index (χ3v) is 4.02. The second-order valence-corrected chi connectivity index (χ2v) is 7.35. The average molecular weight is 298 g/mol. The third kappa shape index (κ3) is 5.61. The number of rotatable bonds is 6. The van der Waals surface area contributed by atoms with Crippen molar-refractivity contribution in [1.82, 2.24) is 4.90 Å². The molecule has 1 N–H and O–H groups in total. The third-order valence-electron chi connectivity index (χ3n) is 2.92. The van der Waals surface area contributed by atoms with Crippen LogP contribution < -0.4 is 5.32 Å². The van der Waals surface area contributed by atoms with Gasteiger partial charge in [-0.3, -0.25) is 4.79 Å². The van der Waals surface area contributed by atoms with Crippen LogP contribution in [0.4, 0.5) is 5.69 Å². The average Bonchev–Trinajstić information content (AvgIpc) is 2.28. The van der Waals surface area contributed by atoms with Crippen molar-refractivity contribution < 1.29 is 13.2 Å². The van der Waals surface area contributed by atoms with Crippen molar-refractivity contribution in [3.63, 3.8) is 0 Å². The number of carbonyl (C=O) groups is 1. The summed E-state index contributed by atoms with van der Waals surface area (Å²) in [5.41, 5.74) is 1.82. The van der Waals surface area contributed by atoms with Crippen molar-refractivity contribution in [2.45, 2.75) is 26.4 Å². The van der Waals surface area contributed by atoms with Crippen LogP contribution >= 0.6 is 0 Å². The standard InChI is InChI=1S/C14H22N2O3S/c1-11(10-20(4,18)19)15-14-8-6-5-7-13(14)9-16(3)12(2)17/h5-8,11,15H,9-10H2,1-4H3. The van der Waals surface area contributed by atoms with E-state index in [-0.39, 0.29) is 17.7 Å². The summed E-state index contributed by atoms with van der Waals surface area (Å²) in [7, 11) is -1.28. The van der Waals surface area contributed by atoms with Gasteiger partial charge in [0.1, 0.15) is 9.84 Å². The van der Waals surface area contributed by atoms with Crippen molar-refractivity contribution in [3.05, 3.63) is 29.8 Å². The van der Waals surface area contributed by atoms with Crippen LogP contribution in [0.2, 0.25) is 0 Å². The van der Waals surface area contributed by atoms with Gasteiger partial charge in [0, 0.05) is 38.5 Å². The molecule has 0 aliphatic carbocycles. The van der Waals surface area contributed by atoms with E-state index >= 15 is 0 Å². The van der Waals surface area contributed by atoms with Crippen LogP contribution in [0.5, 0.6) is 0 Å². The lowest BCUT2D eigenvalue weighted by Crippen LogP contribution is -2.27.